The van der Waals surface area contributed by atoms with Gasteiger partial charge >= 0.3 is 5.97 Å². The van der Waals surface area contributed by atoms with E-state index in [1.807, 2.05) is 68.4 Å². The Morgan fingerprint density at radius 3 is 2.43 bits per heavy atom. The highest BCUT2D eigenvalue weighted by molar-refractivity contribution is 5.95. The van der Waals surface area contributed by atoms with Gasteiger partial charge in [-0.25, -0.2) is 4.79 Å². The fraction of sp³-hybridized carbons (Fsp3) is 0.105. The highest BCUT2D eigenvalue weighted by atomic mass is 16.5. The molecule has 0 fully saturated rings. The molecule has 21 heavy (non-hydrogen) atoms. The Bertz CT molecular complexity index is 813. The highest BCUT2D eigenvalue weighted by Crippen LogP contribution is 2.26. The highest BCUT2D eigenvalue weighted by Gasteiger charge is 2.11. The van der Waals surface area contributed by atoms with Gasteiger partial charge < -0.3 is 4.74 Å². The van der Waals surface area contributed by atoms with Crippen molar-refractivity contribution in [3.05, 3.63) is 77.4 Å². The zero-order valence-corrected chi connectivity index (χ0v) is 12.1. The number of benzene rings is 3. The van der Waals surface area contributed by atoms with E-state index in [1.54, 1.807) is 6.07 Å². The molecule has 2 heteroatoms. The summed E-state index contributed by atoms with van der Waals surface area (Å²) in [4.78, 5) is 12.3. The SMILES string of the molecule is Cc1ccc(C(=O)Oc2cccc3ccccc23)cc1C. The number of aryl methyl sites for hydroxylation is 2. The molecule has 0 bridgehead atoms. The quantitative estimate of drug-likeness (QED) is 0.502. The number of hydrogen-bond acceptors (Lipinski definition) is 2. The Kier molecular flexibility index (Phi) is 3.44. The van der Waals surface area contributed by atoms with Crippen LogP contribution in [0.5, 0.6) is 5.75 Å². The summed E-state index contributed by atoms with van der Waals surface area (Å²) in [7, 11) is 0. The third-order valence-corrected chi connectivity index (χ3v) is 3.69. The minimum atomic E-state index is -0.325. The Morgan fingerprint density at radius 1 is 0.857 bits per heavy atom. The Labute approximate surface area is 124 Å². The maximum atomic E-state index is 12.3. The summed E-state index contributed by atoms with van der Waals surface area (Å²) >= 11 is 0. The van der Waals surface area contributed by atoms with Crippen molar-refractivity contribution < 1.29 is 9.53 Å². The lowest BCUT2D eigenvalue weighted by Gasteiger charge is -2.09. The fourth-order valence-corrected chi connectivity index (χ4v) is 2.31. The van der Waals surface area contributed by atoms with E-state index in [1.165, 1.54) is 0 Å². The molecule has 3 aromatic rings. The molecule has 0 unspecified atom stereocenters. The lowest BCUT2D eigenvalue weighted by Crippen LogP contribution is -2.09. The van der Waals surface area contributed by atoms with Gasteiger partial charge in [0.2, 0.25) is 0 Å². The van der Waals surface area contributed by atoms with Crippen LogP contribution in [-0.2, 0) is 0 Å². The minimum Gasteiger partial charge on any atom is -0.422 e. The van der Waals surface area contributed by atoms with Crippen molar-refractivity contribution in [2.75, 3.05) is 0 Å². The smallest absolute Gasteiger partial charge is 0.343 e. The molecule has 0 aliphatic rings. The summed E-state index contributed by atoms with van der Waals surface area (Å²) in [5.41, 5.74) is 2.82. The van der Waals surface area contributed by atoms with E-state index in [2.05, 4.69) is 0 Å². The molecule has 104 valence electrons. The molecule has 0 aliphatic carbocycles. The molecule has 0 aliphatic heterocycles. The van der Waals surface area contributed by atoms with Gasteiger partial charge in [-0.1, -0.05) is 42.5 Å². The molecule has 0 spiro atoms. The first-order chi connectivity index (χ1) is 10.1. The Balaban J connectivity index is 1.94. The molecule has 2 nitrogen and oxygen atoms in total. The van der Waals surface area contributed by atoms with Gasteiger partial charge in [0, 0.05) is 5.39 Å². The van der Waals surface area contributed by atoms with E-state index in [4.69, 9.17) is 4.74 Å². The van der Waals surface area contributed by atoms with Crippen LogP contribution in [0.25, 0.3) is 10.8 Å². The van der Waals surface area contributed by atoms with Crippen LogP contribution in [0, 0.1) is 13.8 Å². The maximum Gasteiger partial charge on any atom is 0.343 e. The van der Waals surface area contributed by atoms with Crippen molar-refractivity contribution in [3.8, 4) is 5.75 Å². The number of ether oxygens (including phenoxy) is 1. The first-order valence-electron chi connectivity index (χ1n) is 6.92. The van der Waals surface area contributed by atoms with Crippen molar-refractivity contribution in [3.63, 3.8) is 0 Å². The lowest BCUT2D eigenvalue weighted by molar-refractivity contribution is 0.0737. The molecule has 0 saturated carbocycles. The molecule has 0 aromatic heterocycles. The van der Waals surface area contributed by atoms with Crippen molar-refractivity contribution in [1.82, 2.24) is 0 Å². The number of fused-ring (bicyclic) bond motifs is 1. The molecule has 3 rings (SSSR count). The lowest BCUT2D eigenvalue weighted by atomic mass is 10.1. The Morgan fingerprint density at radius 2 is 1.62 bits per heavy atom. The summed E-state index contributed by atoms with van der Waals surface area (Å²) < 4.78 is 5.57. The third-order valence-electron chi connectivity index (χ3n) is 3.69. The molecule has 0 amide bonds. The van der Waals surface area contributed by atoms with Gasteiger partial charge in [-0.05, 0) is 48.6 Å². The molecular formula is C19H16O2. The average Bonchev–Trinajstić information content (AvgIpc) is 2.50. The van der Waals surface area contributed by atoms with E-state index in [-0.39, 0.29) is 5.97 Å². The second kappa shape index (κ2) is 5.41. The number of esters is 1. The molecule has 0 saturated heterocycles. The summed E-state index contributed by atoms with van der Waals surface area (Å²) in [5, 5.41) is 2.00. The predicted molar refractivity (Wildman–Crippen MR) is 84.8 cm³/mol. The first-order valence-corrected chi connectivity index (χ1v) is 6.92. The van der Waals surface area contributed by atoms with Gasteiger partial charge in [-0.3, -0.25) is 0 Å². The third kappa shape index (κ3) is 2.65. The maximum absolute atomic E-state index is 12.3. The van der Waals surface area contributed by atoms with Gasteiger partial charge in [-0.2, -0.15) is 0 Å². The van der Waals surface area contributed by atoms with Crippen molar-refractivity contribution >= 4 is 16.7 Å². The predicted octanol–water partition coefficient (Wildman–Crippen LogP) is 4.68. The van der Waals surface area contributed by atoms with Crippen LogP contribution in [0.2, 0.25) is 0 Å². The zero-order valence-electron chi connectivity index (χ0n) is 12.1. The first kappa shape index (κ1) is 13.4. The largest absolute Gasteiger partial charge is 0.422 e. The van der Waals surface area contributed by atoms with Gasteiger partial charge in [0.15, 0.2) is 0 Å². The van der Waals surface area contributed by atoms with Gasteiger partial charge in [-0.15, -0.1) is 0 Å². The van der Waals surface area contributed by atoms with Crippen molar-refractivity contribution in [1.29, 1.82) is 0 Å². The molecule has 0 atom stereocenters. The van der Waals surface area contributed by atoms with E-state index in [9.17, 15) is 4.79 Å². The normalized spacial score (nSPS) is 10.6. The van der Waals surface area contributed by atoms with E-state index in [0.717, 1.165) is 21.9 Å². The molecule has 3 aromatic carbocycles. The molecule has 0 heterocycles. The summed E-state index contributed by atoms with van der Waals surface area (Å²) in [6.07, 6.45) is 0. The Hall–Kier alpha value is -2.61. The van der Waals surface area contributed by atoms with Crippen molar-refractivity contribution in [2.45, 2.75) is 13.8 Å². The van der Waals surface area contributed by atoms with Gasteiger partial charge in [0.1, 0.15) is 5.75 Å². The number of rotatable bonds is 2. The average molecular weight is 276 g/mol. The zero-order chi connectivity index (χ0) is 14.8. The number of carbonyl (C=O) groups is 1. The van der Waals surface area contributed by atoms with Crippen molar-refractivity contribution in [2.24, 2.45) is 0 Å². The second-order valence-corrected chi connectivity index (χ2v) is 5.17. The molecular weight excluding hydrogens is 260 g/mol. The summed E-state index contributed by atoms with van der Waals surface area (Å²) in [5.74, 6) is 0.269. The van der Waals surface area contributed by atoms with Crippen LogP contribution in [0.3, 0.4) is 0 Å². The monoisotopic (exact) mass is 276 g/mol. The van der Waals surface area contributed by atoms with E-state index >= 15 is 0 Å². The second-order valence-electron chi connectivity index (χ2n) is 5.17. The topological polar surface area (TPSA) is 26.3 Å². The van der Waals surface area contributed by atoms with Crippen LogP contribution < -0.4 is 4.74 Å². The van der Waals surface area contributed by atoms with Crippen LogP contribution in [-0.4, -0.2) is 5.97 Å². The van der Waals surface area contributed by atoms with Gasteiger partial charge in [0.25, 0.3) is 0 Å². The standard InChI is InChI=1S/C19H16O2/c1-13-10-11-16(12-14(13)2)19(20)21-18-9-5-7-15-6-3-4-8-17(15)18/h3-12H,1-2H3. The van der Waals surface area contributed by atoms with E-state index < -0.39 is 0 Å². The van der Waals surface area contributed by atoms with E-state index in [0.29, 0.717) is 11.3 Å². The summed E-state index contributed by atoms with van der Waals surface area (Å²) in [6, 6.07) is 19.2. The van der Waals surface area contributed by atoms with Crippen LogP contribution in [0.15, 0.2) is 60.7 Å². The van der Waals surface area contributed by atoms with Crippen LogP contribution >= 0.6 is 0 Å². The molecule has 0 radical (unpaired) electrons. The van der Waals surface area contributed by atoms with Gasteiger partial charge in [0.05, 0.1) is 5.56 Å². The number of hydrogen-bond donors (Lipinski definition) is 0. The van der Waals surface area contributed by atoms with Crippen LogP contribution in [0.4, 0.5) is 0 Å². The van der Waals surface area contributed by atoms with Crippen LogP contribution in [0.1, 0.15) is 21.5 Å². The molecule has 0 N–H and O–H groups in total. The summed E-state index contributed by atoms with van der Waals surface area (Å²) in [6.45, 7) is 4.01. The fourth-order valence-electron chi connectivity index (χ4n) is 2.31. The minimum absolute atomic E-state index is 0.325. The number of carbonyl (C=O) groups excluding carboxylic acids is 1.